The average molecular weight is 280 g/mol. The van der Waals surface area contributed by atoms with Gasteiger partial charge in [0.2, 0.25) is 0 Å². The molecule has 0 aliphatic rings. The minimum Gasteiger partial charge on any atom is -0.298 e. The van der Waals surface area contributed by atoms with E-state index in [4.69, 9.17) is 11.6 Å². The maximum atomic E-state index is 13.3. The highest BCUT2D eigenvalue weighted by Gasteiger charge is 2.17. The number of benzene rings is 2. The third-order valence-electron chi connectivity index (χ3n) is 2.53. The Morgan fingerprint density at radius 2 is 1.95 bits per heavy atom. The van der Waals surface area contributed by atoms with Crippen LogP contribution in [0.3, 0.4) is 0 Å². The van der Waals surface area contributed by atoms with Crippen molar-refractivity contribution in [1.29, 1.82) is 0 Å². The number of carbonyl (C=O) groups is 1. The van der Waals surface area contributed by atoms with Crippen molar-refractivity contribution in [2.24, 2.45) is 0 Å². The Balaban J connectivity index is 2.67. The van der Waals surface area contributed by atoms with Crippen molar-refractivity contribution >= 4 is 23.6 Å². The van der Waals surface area contributed by atoms with Crippen LogP contribution in [-0.2, 0) is 0 Å². The highest BCUT2D eigenvalue weighted by molar-refractivity contribution is 6.30. The fourth-order valence-corrected chi connectivity index (χ4v) is 1.95. The van der Waals surface area contributed by atoms with E-state index in [-0.39, 0.29) is 27.4 Å². The van der Waals surface area contributed by atoms with Gasteiger partial charge in [-0.15, -0.1) is 0 Å². The highest BCUT2D eigenvalue weighted by atomic mass is 35.5. The quantitative estimate of drug-likeness (QED) is 0.487. The summed E-state index contributed by atoms with van der Waals surface area (Å²) in [5, 5.41) is 11.1. The molecule has 0 saturated carbocycles. The summed E-state index contributed by atoms with van der Waals surface area (Å²) in [5.74, 6) is -0.587. The molecule has 0 N–H and O–H groups in total. The van der Waals surface area contributed by atoms with Crippen molar-refractivity contribution in [2.45, 2.75) is 0 Å². The second-order valence-corrected chi connectivity index (χ2v) is 4.25. The standard InChI is InChI=1S/C13H7ClFNO3/c14-10-4-9(5-11(15)6-10)12-2-1-8(7-17)3-13(12)16(18)19/h1-7H. The lowest BCUT2D eigenvalue weighted by atomic mass is 10.0. The fourth-order valence-electron chi connectivity index (χ4n) is 1.73. The van der Waals surface area contributed by atoms with Gasteiger partial charge >= 0.3 is 0 Å². The van der Waals surface area contributed by atoms with Crippen LogP contribution in [-0.4, -0.2) is 11.2 Å². The smallest absolute Gasteiger partial charge is 0.277 e. The van der Waals surface area contributed by atoms with Crippen LogP contribution >= 0.6 is 11.6 Å². The molecule has 0 atom stereocenters. The SMILES string of the molecule is O=Cc1ccc(-c2cc(F)cc(Cl)c2)c([N+](=O)[O-])c1. The van der Waals surface area contributed by atoms with Gasteiger partial charge in [0.15, 0.2) is 0 Å². The summed E-state index contributed by atoms with van der Waals surface area (Å²) >= 11 is 5.72. The Hall–Kier alpha value is -2.27. The van der Waals surface area contributed by atoms with Crippen molar-refractivity contribution in [3.63, 3.8) is 0 Å². The van der Waals surface area contributed by atoms with Gasteiger partial charge in [0, 0.05) is 16.7 Å². The summed E-state index contributed by atoms with van der Waals surface area (Å²) in [6.45, 7) is 0. The predicted molar refractivity (Wildman–Crippen MR) is 68.9 cm³/mol. The molecule has 96 valence electrons. The fraction of sp³-hybridized carbons (Fsp3) is 0. The van der Waals surface area contributed by atoms with Gasteiger partial charge in [-0.25, -0.2) is 4.39 Å². The van der Waals surface area contributed by atoms with Crippen molar-refractivity contribution in [1.82, 2.24) is 0 Å². The van der Waals surface area contributed by atoms with Crippen molar-refractivity contribution in [3.05, 3.63) is 62.9 Å². The van der Waals surface area contributed by atoms with E-state index in [9.17, 15) is 19.3 Å². The van der Waals surface area contributed by atoms with Crippen LogP contribution in [0.1, 0.15) is 10.4 Å². The number of nitrogens with zero attached hydrogens (tertiary/aromatic N) is 1. The molecule has 0 bridgehead atoms. The largest absolute Gasteiger partial charge is 0.298 e. The molecule has 2 aromatic rings. The molecule has 0 amide bonds. The molecule has 0 aliphatic heterocycles. The van der Waals surface area contributed by atoms with Crippen LogP contribution in [0.15, 0.2) is 36.4 Å². The van der Waals surface area contributed by atoms with Crippen LogP contribution in [0.25, 0.3) is 11.1 Å². The number of hydrogen-bond acceptors (Lipinski definition) is 3. The number of hydrogen-bond donors (Lipinski definition) is 0. The van der Waals surface area contributed by atoms with Gasteiger partial charge < -0.3 is 0 Å². The molecule has 6 heteroatoms. The number of nitro benzene ring substituents is 1. The molecule has 0 heterocycles. The van der Waals surface area contributed by atoms with Crippen molar-refractivity contribution < 1.29 is 14.1 Å². The first kappa shape index (κ1) is 13.2. The summed E-state index contributed by atoms with van der Waals surface area (Å²) in [4.78, 5) is 21.0. The van der Waals surface area contributed by atoms with E-state index in [1.807, 2.05) is 0 Å². The van der Waals surface area contributed by atoms with Gasteiger partial charge in [-0.2, -0.15) is 0 Å². The molecule has 0 aliphatic carbocycles. The summed E-state index contributed by atoms with van der Waals surface area (Å²) in [5.41, 5.74) is 0.398. The van der Waals surface area contributed by atoms with E-state index in [1.54, 1.807) is 0 Å². The molecule has 0 unspecified atom stereocenters. The lowest BCUT2D eigenvalue weighted by Crippen LogP contribution is -1.94. The Kier molecular flexibility index (Phi) is 3.57. The molecule has 0 radical (unpaired) electrons. The Bertz CT molecular complexity index is 653. The molecule has 0 saturated heterocycles. The zero-order valence-corrected chi connectivity index (χ0v) is 10.2. The van der Waals surface area contributed by atoms with Crippen LogP contribution in [0.2, 0.25) is 5.02 Å². The van der Waals surface area contributed by atoms with Gasteiger partial charge in [0.1, 0.15) is 12.1 Å². The van der Waals surface area contributed by atoms with Gasteiger partial charge in [0.05, 0.1) is 10.5 Å². The molecule has 2 rings (SSSR count). The first-order valence-corrected chi connectivity index (χ1v) is 5.59. The lowest BCUT2D eigenvalue weighted by molar-refractivity contribution is -0.384. The van der Waals surface area contributed by atoms with Crippen LogP contribution in [0.4, 0.5) is 10.1 Å². The topological polar surface area (TPSA) is 60.2 Å². The third-order valence-corrected chi connectivity index (χ3v) is 2.75. The Morgan fingerprint density at radius 3 is 2.53 bits per heavy atom. The second kappa shape index (κ2) is 5.16. The maximum absolute atomic E-state index is 13.3. The second-order valence-electron chi connectivity index (χ2n) is 3.81. The number of aldehydes is 1. The predicted octanol–water partition coefficient (Wildman–Crippen LogP) is 3.87. The van der Waals surface area contributed by atoms with Gasteiger partial charge in [-0.1, -0.05) is 17.7 Å². The van der Waals surface area contributed by atoms with Gasteiger partial charge in [-0.3, -0.25) is 14.9 Å². The van der Waals surface area contributed by atoms with E-state index in [2.05, 4.69) is 0 Å². The number of nitro groups is 1. The van der Waals surface area contributed by atoms with E-state index in [0.29, 0.717) is 6.29 Å². The van der Waals surface area contributed by atoms with Crippen LogP contribution in [0, 0.1) is 15.9 Å². The zero-order valence-electron chi connectivity index (χ0n) is 9.47. The number of halogens is 2. The Labute approximate surface area is 112 Å². The maximum Gasteiger partial charge on any atom is 0.277 e. The molecule has 0 aromatic heterocycles. The van der Waals surface area contributed by atoms with Crippen molar-refractivity contribution in [3.8, 4) is 11.1 Å². The molecule has 19 heavy (non-hydrogen) atoms. The first-order valence-electron chi connectivity index (χ1n) is 5.21. The third kappa shape index (κ3) is 2.77. The molecule has 0 spiro atoms. The van der Waals surface area contributed by atoms with Gasteiger partial charge in [-0.05, 0) is 29.8 Å². The van der Waals surface area contributed by atoms with E-state index in [0.717, 1.165) is 18.2 Å². The minimum absolute atomic E-state index is 0.142. The number of rotatable bonds is 3. The molecular formula is C13H7ClFNO3. The van der Waals surface area contributed by atoms with Gasteiger partial charge in [0.25, 0.3) is 5.69 Å². The summed E-state index contributed by atoms with van der Waals surface area (Å²) in [6.07, 6.45) is 0.509. The van der Waals surface area contributed by atoms with E-state index < -0.39 is 10.7 Å². The summed E-state index contributed by atoms with van der Waals surface area (Å²) in [6, 6.07) is 7.64. The van der Waals surface area contributed by atoms with E-state index in [1.165, 1.54) is 18.2 Å². The number of carbonyl (C=O) groups excluding carboxylic acids is 1. The molecule has 2 aromatic carbocycles. The molecule has 0 fully saturated rings. The lowest BCUT2D eigenvalue weighted by Gasteiger charge is -2.05. The van der Waals surface area contributed by atoms with E-state index >= 15 is 0 Å². The monoisotopic (exact) mass is 279 g/mol. The highest BCUT2D eigenvalue weighted by Crippen LogP contribution is 2.32. The molecular weight excluding hydrogens is 273 g/mol. The average Bonchev–Trinajstić information content (AvgIpc) is 2.36. The summed E-state index contributed by atoms with van der Waals surface area (Å²) < 4.78 is 13.3. The van der Waals surface area contributed by atoms with Crippen LogP contribution in [0.5, 0.6) is 0 Å². The molecule has 4 nitrogen and oxygen atoms in total. The Morgan fingerprint density at radius 1 is 1.21 bits per heavy atom. The zero-order chi connectivity index (χ0) is 14.0. The van der Waals surface area contributed by atoms with Crippen molar-refractivity contribution in [2.75, 3.05) is 0 Å². The first-order chi connectivity index (χ1) is 9.01. The summed E-state index contributed by atoms with van der Waals surface area (Å²) in [7, 11) is 0. The minimum atomic E-state index is -0.624. The van der Waals surface area contributed by atoms with Crippen LogP contribution < -0.4 is 0 Å². The normalized spacial score (nSPS) is 10.2.